The fraction of sp³-hybridized carbons (Fsp3) is 0.375. The largest absolute Gasteiger partial charge is 0.342 e. The average molecular weight is 323 g/mol. The van der Waals surface area contributed by atoms with Crippen LogP contribution in [-0.4, -0.2) is 27.5 Å². The maximum absolute atomic E-state index is 13.2. The van der Waals surface area contributed by atoms with E-state index >= 15 is 0 Å². The lowest BCUT2D eigenvalue weighted by Crippen LogP contribution is -2.41. The summed E-state index contributed by atoms with van der Waals surface area (Å²) >= 11 is 0. The number of hydrogen-bond acceptors (Lipinski definition) is 2. The van der Waals surface area contributed by atoms with Crippen LogP contribution in [0, 0.1) is 0 Å². The lowest BCUT2D eigenvalue weighted by atomic mass is 10.1. The molecule has 23 heavy (non-hydrogen) atoms. The Morgan fingerprint density at radius 1 is 1.22 bits per heavy atom. The van der Waals surface area contributed by atoms with E-state index in [0.29, 0.717) is 6.42 Å². The molecule has 0 saturated heterocycles. The Kier molecular flexibility index (Phi) is 5.31. The number of imidazole rings is 1. The van der Waals surface area contributed by atoms with Crippen LogP contribution in [0.25, 0.3) is 0 Å². The van der Waals surface area contributed by atoms with Crippen LogP contribution in [0.5, 0.6) is 0 Å². The quantitative estimate of drug-likeness (QED) is 0.880. The number of benzene rings is 1. The number of nitrogens with zero attached hydrogens (tertiary/aromatic N) is 2. The Balaban J connectivity index is 2.05. The zero-order chi connectivity index (χ0) is 17.0. The summed E-state index contributed by atoms with van der Waals surface area (Å²) in [6, 6.07) is 7.97. The van der Waals surface area contributed by atoms with Gasteiger partial charge in [0.15, 0.2) is 0 Å². The first-order chi connectivity index (χ1) is 10.9. The normalized spacial score (nSPS) is 12.4. The molecular weight excluding hydrogens is 304 g/mol. The SMILES string of the molecule is Cn1cc(C(=O)NC(CCc2ccccc2)C(F)F)n(C)c1=O. The van der Waals surface area contributed by atoms with Gasteiger partial charge in [0.1, 0.15) is 5.69 Å². The molecule has 0 aliphatic carbocycles. The van der Waals surface area contributed by atoms with E-state index < -0.39 is 18.4 Å². The minimum Gasteiger partial charge on any atom is -0.342 e. The number of alkyl halides is 2. The molecule has 1 aromatic heterocycles. The van der Waals surface area contributed by atoms with Crippen molar-refractivity contribution in [2.24, 2.45) is 14.1 Å². The van der Waals surface area contributed by atoms with E-state index in [1.165, 1.54) is 24.9 Å². The number of aromatic nitrogens is 2. The predicted molar refractivity (Wildman–Crippen MR) is 82.7 cm³/mol. The summed E-state index contributed by atoms with van der Waals surface area (Å²) < 4.78 is 28.7. The first kappa shape index (κ1) is 16.9. The summed E-state index contributed by atoms with van der Waals surface area (Å²) in [6.07, 6.45) is -0.793. The predicted octanol–water partition coefficient (Wildman–Crippen LogP) is 1.72. The van der Waals surface area contributed by atoms with Crippen LogP contribution in [0.4, 0.5) is 8.78 Å². The molecule has 1 atom stereocenters. The van der Waals surface area contributed by atoms with Gasteiger partial charge in [-0.2, -0.15) is 0 Å². The molecule has 7 heteroatoms. The van der Waals surface area contributed by atoms with Gasteiger partial charge in [-0.1, -0.05) is 30.3 Å². The Morgan fingerprint density at radius 3 is 2.39 bits per heavy atom. The van der Waals surface area contributed by atoms with Crippen LogP contribution in [-0.2, 0) is 20.5 Å². The minimum atomic E-state index is -2.68. The Morgan fingerprint density at radius 2 is 1.87 bits per heavy atom. The highest BCUT2D eigenvalue weighted by molar-refractivity contribution is 5.92. The minimum absolute atomic E-state index is 0.0582. The third-order valence-corrected chi connectivity index (χ3v) is 3.71. The van der Waals surface area contributed by atoms with Crippen LogP contribution in [0.15, 0.2) is 41.3 Å². The van der Waals surface area contributed by atoms with E-state index in [-0.39, 0.29) is 17.8 Å². The van der Waals surface area contributed by atoms with E-state index in [1.807, 2.05) is 30.3 Å². The first-order valence-corrected chi connectivity index (χ1v) is 7.25. The van der Waals surface area contributed by atoms with Crippen LogP contribution < -0.4 is 11.0 Å². The van der Waals surface area contributed by atoms with E-state index in [9.17, 15) is 18.4 Å². The number of nitrogens with one attached hydrogen (secondary N) is 1. The van der Waals surface area contributed by atoms with Crippen LogP contribution in [0.3, 0.4) is 0 Å². The second kappa shape index (κ2) is 7.21. The Labute approximate surface area is 132 Å². The van der Waals surface area contributed by atoms with Crippen LogP contribution in [0.1, 0.15) is 22.5 Å². The number of aryl methyl sites for hydroxylation is 2. The van der Waals surface area contributed by atoms with Gasteiger partial charge in [0.05, 0.1) is 6.04 Å². The molecule has 1 aromatic carbocycles. The molecule has 0 saturated carbocycles. The molecule has 124 valence electrons. The summed E-state index contributed by atoms with van der Waals surface area (Å²) in [5.41, 5.74) is 0.607. The molecule has 1 N–H and O–H groups in total. The van der Waals surface area contributed by atoms with Gasteiger partial charge in [0, 0.05) is 20.3 Å². The maximum atomic E-state index is 13.2. The van der Waals surface area contributed by atoms with E-state index in [4.69, 9.17) is 0 Å². The summed E-state index contributed by atoms with van der Waals surface area (Å²) in [5, 5.41) is 2.32. The second-order valence-electron chi connectivity index (χ2n) is 5.41. The first-order valence-electron chi connectivity index (χ1n) is 7.25. The molecule has 0 bridgehead atoms. The second-order valence-corrected chi connectivity index (χ2v) is 5.41. The zero-order valence-electron chi connectivity index (χ0n) is 13.0. The number of carbonyl (C=O) groups is 1. The van der Waals surface area contributed by atoms with Gasteiger partial charge in [-0.3, -0.25) is 9.36 Å². The summed E-state index contributed by atoms with van der Waals surface area (Å²) in [5.74, 6) is -0.677. The van der Waals surface area contributed by atoms with Crippen molar-refractivity contribution in [3.05, 3.63) is 58.3 Å². The number of carbonyl (C=O) groups excluding carboxylic acids is 1. The van der Waals surface area contributed by atoms with Gasteiger partial charge in [-0.05, 0) is 18.4 Å². The Hall–Kier alpha value is -2.44. The van der Waals surface area contributed by atoms with E-state index in [2.05, 4.69) is 5.32 Å². The molecular formula is C16H19F2N3O2. The maximum Gasteiger partial charge on any atom is 0.328 e. The molecule has 1 heterocycles. The van der Waals surface area contributed by atoms with Crippen molar-refractivity contribution in [1.82, 2.24) is 14.5 Å². The van der Waals surface area contributed by atoms with Gasteiger partial charge < -0.3 is 9.88 Å². The fourth-order valence-corrected chi connectivity index (χ4v) is 2.35. The van der Waals surface area contributed by atoms with E-state index in [1.54, 1.807) is 0 Å². The van der Waals surface area contributed by atoms with Crippen molar-refractivity contribution in [2.45, 2.75) is 25.3 Å². The van der Waals surface area contributed by atoms with Gasteiger partial charge in [0.2, 0.25) is 0 Å². The highest BCUT2D eigenvalue weighted by Crippen LogP contribution is 2.11. The lowest BCUT2D eigenvalue weighted by molar-refractivity contribution is 0.0720. The number of rotatable bonds is 6. The summed E-state index contributed by atoms with van der Waals surface area (Å²) in [6.45, 7) is 0. The zero-order valence-corrected chi connectivity index (χ0v) is 13.0. The van der Waals surface area contributed by atoms with Crippen molar-refractivity contribution in [1.29, 1.82) is 0 Å². The lowest BCUT2D eigenvalue weighted by Gasteiger charge is -2.18. The molecule has 2 aromatic rings. The summed E-state index contributed by atoms with van der Waals surface area (Å²) in [4.78, 5) is 23.8. The van der Waals surface area contributed by atoms with Crippen LogP contribution in [0.2, 0.25) is 0 Å². The van der Waals surface area contributed by atoms with Crippen molar-refractivity contribution in [2.75, 3.05) is 0 Å². The smallest absolute Gasteiger partial charge is 0.328 e. The molecule has 0 radical (unpaired) electrons. The average Bonchev–Trinajstić information content (AvgIpc) is 2.79. The van der Waals surface area contributed by atoms with Crippen LogP contribution >= 0.6 is 0 Å². The molecule has 2 rings (SSSR count). The van der Waals surface area contributed by atoms with Crippen molar-refractivity contribution in [3.63, 3.8) is 0 Å². The van der Waals surface area contributed by atoms with Gasteiger partial charge in [-0.15, -0.1) is 0 Å². The highest BCUT2D eigenvalue weighted by atomic mass is 19.3. The van der Waals surface area contributed by atoms with Gasteiger partial charge in [0.25, 0.3) is 12.3 Å². The molecule has 0 aliphatic heterocycles. The molecule has 0 spiro atoms. The standard InChI is InChI=1S/C16H19F2N3O2/c1-20-10-13(21(2)16(20)23)15(22)19-12(14(17)18)9-8-11-6-4-3-5-7-11/h3-7,10,12,14H,8-9H2,1-2H3,(H,19,22). The molecule has 0 aliphatic rings. The van der Waals surface area contributed by atoms with Crippen molar-refractivity contribution in [3.8, 4) is 0 Å². The Bertz CT molecular complexity index is 723. The summed E-state index contributed by atoms with van der Waals surface area (Å²) in [7, 11) is 2.93. The number of amides is 1. The molecule has 1 unspecified atom stereocenters. The third-order valence-electron chi connectivity index (χ3n) is 3.71. The third kappa shape index (κ3) is 4.06. The topological polar surface area (TPSA) is 56.0 Å². The molecule has 5 nitrogen and oxygen atoms in total. The van der Waals surface area contributed by atoms with Crippen molar-refractivity contribution >= 4 is 5.91 Å². The highest BCUT2D eigenvalue weighted by Gasteiger charge is 2.24. The van der Waals surface area contributed by atoms with Crippen molar-refractivity contribution < 1.29 is 13.6 Å². The molecule has 0 fully saturated rings. The molecule has 1 amide bonds. The van der Waals surface area contributed by atoms with Gasteiger partial charge >= 0.3 is 5.69 Å². The number of hydrogen-bond donors (Lipinski definition) is 1. The van der Waals surface area contributed by atoms with Gasteiger partial charge in [-0.25, -0.2) is 13.6 Å². The number of halogens is 2. The monoisotopic (exact) mass is 323 g/mol. The fourth-order valence-electron chi connectivity index (χ4n) is 2.35. The van der Waals surface area contributed by atoms with E-state index in [0.717, 1.165) is 10.1 Å².